The first-order valence-corrected chi connectivity index (χ1v) is 18.9. The number of hydrogen-bond donors (Lipinski definition) is 1. The third kappa shape index (κ3) is 6.50. The minimum atomic E-state index is -1.31. The average molecular weight is 670 g/mol. The molecule has 48 heavy (non-hydrogen) atoms. The van der Waals surface area contributed by atoms with Crippen LogP contribution in [0.1, 0.15) is 107 Å². The van der Waals surface area contributed by atoms with Gasteiger partial charge in [-0.1, -0.05) is 68.0 Å². The van der Waals surface area contributed by atoms with E-state index < -0.39 is 23.7 Å². The standard InChI is InChI=1S/C38H57NO7.C2H6/c1-9-39(10-2)18-14-32(42)45-20-22(3)23(4)34(43)35(44)25(6)33-31(46-26(7)40)19-29-28-12-11-27-24(5)30(41)13-15-37(27)21-38(28,37)17-16-36(29,33)8;1-2/h13,15,22,24-25,27-29,31,33,35,44H,4,9-12,14,16-21H2,1-3,5-8H3;1-2H3/t22-,24-,25-,27?,28?,29?,31?,33?,35?,36?,37+,38-;/m0./s1. The molecule has 2 spiro atoms. The van der Waals surface area contributed by atoms with Gasteiger partial charge in [0, 0.05) is 31.2 Å². The third-order valence-corrected chi connectivity index (χ3v) is 13.8. The second-order valence-electron chi connectivity index (χ2n) is 15.8. The highest BCUT2D eigenvalue weighted by Crippen LogP contribution is 2.84. The van der Waals surface area contributed by atoms with Gasteiger partial charge in [0.25, 0.3) is 0 Å². The van der Waals surface area contributed by atoms with Gasteiger partial charge >= 0.3 is 11.9 Å². The molecule has 5 rings (SSSR count). The van der Waals surface area contributed by atoms with E-state index in [1.807, 2.05) is 26.8 Å². The Labute approximate surface area is 289 Å². The van der Waals surface area contributed by atoms with Crippen LogP contribution in [0.5, 0.6) is 0 Å². The Bertz CT molecular complexity index is 1270. The first-order valence-electron chi connectivity index (χ1n) is 18.9. The molecule has 5 aliphatic rings. The maximum absolute atomic E-state index is 13.7. The minimum Gasteiger partial charge on any atom is -0.465 e. The number of aliphatic hydroxyl groups excluding tert-OH is 1. The van der Waals surface area contributed by atoms with Gasteiger partial charge in [-0.2, -0.15) is 0 Å². The molecule has 0 aromatic heterocycles. The van der Waals surface area contributed by atoms with Gasteiger partial charge in [0.15, 0.2) is 11.6 Å². The maximum Gasteiger partial charge on any atom is 0.307 e. The van der Waals surface area contributed by atoms with Crippen molar-refractivity contribution in [1.29, 1.82) is 0 Å². The van der Waals surface area contributed by atoms with E-state index in [4.69, 9.17) is 9.47 Å². The number of rotatable bonds is 13. The summed E-state index contributed by atoms with van der Waals surface area (Å²) in [7, 11) is 0. The van der Waals surface area contributed by atoms with Gasteiger partial charge in [0.2, 0.25) is 0 Å². The Morgan fingerprint density at radius 1 is 1.08 bits per heavy atom. The summed E-state index contributed by atoms with van der Waals surface area (Å²) >= 11 is 0. The Balaban J connectivity index is 0.00000255. The molecule has 0 aromatic rings. The fourth-order valence-corrected chi connectivity index (χ4v) is 11.2. The van der Waals surface area contributed by atoms with Crippen molar-refractivity contribution >= 4 is 23.5 Å². The van der Waals surface area contributed by atoms with E-state index in [1.54, 1.807) is 6.92 Å². The molecule has 8 nitrogen and oxygen atoms in total. The number of ether oxygens (including phenoxy) is 2. The van der Waals surface area contributed by atoms with Crippen LogP contribution in [0.3, 0.4) is 0 Å². The van der Waals surface area contributed by atoms with Gasteiger partial charge in [0.05, 0.1) is 13.0 Å². The van der Waals surface area contributed by atoms with Gasteiger partial charge in [-0.25, -0.2) is 0 Å². The summed E-state index contributed by atoms with van der Waals surface area (Å²) in [6, 6.07) is 0. The summed E-state index contributed by atoms with van der Waals surface area (Å²) in [6.45, 7) is 24.1. The highest BCUT2D eigenvalue weighted by Gasteiger charge is 2.79. The number of nitrogens with zero attached hydrogens (tertiary/aromatic N) is 1. The summed E-state index contributed by atoms with van der Waals surface area (Å²) in [6.07, 6.45) is 8.65. The van der Waals surface area contributed by atoms with Crippen molar-refractivity contribution in [3.05, 3.63) is 24.3 Å². The number of allylic oxidation sites excluding steroid dienone is 2. The highest BCUT2D eigenvalue weighted by molar-refractivity contribution is 5.98. The van der Waals surface area contributed by atoms with E-state index >= 15 is 0 Å². The molecule has 0 aliphatic heterocycles. The molecular formula is C40H63NO7. The molecular weight excluding hydrogens is 606 g/mol. The third-order valence-electron chi connectivity index (χ3n) is 13.8. The van der Waals surface area contributed by atoms with Crippen molar-refractivity contribution < 1.29 is 33.8 Å². The molecule has 0 saturated heterocycles. The zero-order chi connectivity index (χ0) is 35.8. The smallest absolute Gasteiger partial charge is 0.307 e. The number of aliphatic hydroxyl groups is 1. The molecule has 8 heteroatoms. The van der Waals surface area contributed by atoms with Gasteiger partial charge in [-0.05, 0) is 103 Å². The molecule has 12 atom stereocenters. The molecule has 0 radical (unpaired) electrons. The van der Waals surface area contributed by atoms with Crippen LogP contribution >= 0.6 is 0 Å². The lowest BCUT2D eigenvalue weighted by Crippen LogP contribution is -2.51. The molecule has 0 bridgehead atoms. The normalized spacial score (nSPS) is 37.8. The van der Waals surface area contributed by atoms with Crippen molar-refractivity contribution in [2.75, 3.05) is 26.2 Å². The van der Waals surface area contributed by atoms with E-state index in [0.29, 0.717) is 24.3 Å². The number of carbonyl (C=O) groups is 4. The SMILES string of the molecule is C=C(C(=O)C(O)[C@@H](C)C1C(OC(C)=O)CC2C3CCC4[C@H](C)C(=O)C=C[C@@]45C[C@@]35CCC21C)[C@@H](C)COC(=O)CCN(CC)CC.CC. The lowest BCUT2D eigenvalue weighted by atomic mass is 9.48. The Morgan fingerprint density at radius 3 is 2.35 bits per heavy atom. The largest absolute Gasteiger partial charge is 0.465 e. The number of Topliss-reactive ketones (excluding diaryl/α,β-unsaturated/α-hetero) is 1. The van der Waals surface area contributed by atoms with Crippen LogP contribution in [0.2, 0.25) is 0 Å². The van der Waals surface area contributed by atoms with E-state index in [2.05, 4.69) is 45.2 Å². The summed E-state index contributed by atoms with van der Waals surface area (Å²) in [5, 5.41) is 11.6. The number of ketones is 2. The van der Waals surface area contributed by atoms with Crippen molar-refractivity contribution in [3.63, 3.8) is 0 Å². The molecule has 0 aromatic carbocycles. The van der Waals surface area contributed by atoms with Gasteiger partial charge < -0.3 is 19.5 Å². The maximum atomic E-state index is 13.7. The van der Waals surface area contributed by atoms with E-state index in [1.165, 1.54) is 6.92 Å². The summed E-state index contributed by atoms with van der Waals surface area (Å²) < 4.78 is 11.5. The molecule has 4 saturated carbocycles. The van der Waals surface area contributed by atoms with Crippen molar-refractivity contribution in [1.82, 2.24) is 4.90 Å². The number of fused-ring (bicyclic) bond motifs is 2. The Kier molecular flexibility index (Phi) is 11.9. The summed E-state index contributed by atoms with van der Waals surface area (Å²) in [4.78, 5) is 53.1. The molecule has 1 N–H and O–H groups in total. The average Bonchev–Trinajstić information content (AvgIpc) is 3.65. The van der Waals surface area contributed by atoms with Crippen LogP contribution in [0.4, 0.5) is 0 Å². The molecule has 270 valence electrons. The van der Waals surface area contributed by atoms with Crippen LogP contribution in [0.15, 0.2) is 24.3 Å². The number of hydrogen-bond acceptors (Lipinski definition) is 8. The fourth-order valence-electron chi connectivity index (χ4n) is 11.2. The summed E-state index contributed by atoms with van der Waals surface area (Å²) in [5.74, 6) is -0.678. The zero-order valence-electron chi connectivity index (χ0n) is 31.2. The molecule has 7 unspecified atom stereocenters. The monoisotopic (exact) mass is 669 g/mol. The lowest BCUT2D eigenvalue weighted by molar-refractivity contribution is -0.153. The van der Waals surface area contributed by atoms with Crippen molar-refractivity contribution in [3.8, 4) is 0 Å². The van der Waals surface area contributed by atoms with Crippen molar-refractivity contribution in [2.45, 2.75) is 119 Å². The van der Waals surface area contributed by atoms with Crippen LogP contribution < -0.4 is 0 Å². The van der Waals surface area contributed by atoms with Gasteiger partial charge in [-0.15, -0.1) is 0 Å². The predicted octanol–water partition coefficient (Wildman–Crippen LogP) is 6.59. The first kappa shape index (κ1) is 38.5. The zero-order valence-corrected chi connectivity index (χ0v) is 31.2. The second-order valence-corrected chi connectivity index (χ2v) is 15.8. The number of esters is 2. The van der Waals surface area contributed by atoms with Crippen LogP contribution in [-0.4, -0.2) is 72.0 Å². The first-order chi connectivity index (χ1) is 22.7. The van der Waals surface area contributed by atoms with Crippen LogP contribution in [0.25, 0.3) is 0 Å². The fraction of sp³-hybridized carbons (Fsp3) is 0.800. The second kappa shape index (κ2) is 14.9. The highest BCUT2D eigenvalue weighted by atomic mass is 16.5. The Hall–Kier alpha value is -2.32. The van der Waals surface area contributed by atoms with Crippen molar-refractivity contribution in [2.24, 2.45) is 57.7 Å². The van der Waals surface area contributed by atoms with Crippen LogP contribution in [0, 0.1) is 57.7 Å². The van der Waals surface area contributed by atoms with E-state index in [0.717, 1.165) is 51.6 Å². The number of carbonyl (C=O) groups excluding carboxylic acids is 4. The molecule has 0 amide bonds. The lowest BCUT2D eigenvalue weighted by Gasteiger charge is -2.55. The van der Waals surface area contributed by atoms with Crippen LogP contribution in [-0.2, 0) is 28.7 Å². The molecule has 4 fully saturated rings. The van der Waals surface area contributed by atoms with Gasteiger partial charge in [0.1, 0.15) is 12.2 Å². The quantitative estimate of drug-likeness (QED) is 0.173. The predicted molar refractivity (Wildman–Crippen MR) is 187 cm³/mol. The molecule has 0 heterocycles. The molecule has 5 aliphatic carbocycles. The van der Waals surface area contributed by atoms with E-state index in [9.17, 15) is 24.3 Å². The minimum absolute atomic E-state index is 0.0349. The van der Waals surface area contributed by atoms with Gasteiger partial charge in [-0.3, -0.25) is 19.2 Å². The topological polar surface area (TPSA) is 110 Å². The summed E-state index contributed by atoms with van der Waals surface area (Å²) in [5.41, 5.74) is 0.322. The Morgan fingerprint density at radius 2 is 1.73 bits per heavy atom. The van der Waals surface area contributed by atoms with E-state index in [-0.39, 0.29) is 70.5 Å².